The maximum absolute atomic E-state index is 12.8. The van der Waals surface area contributed by atoms with Crippen molar-refractivity contribution in [2.24, 2.45) is 0 Å². The molecule has 2 aromatic carbocycles. The van der Waals surface area contributed by atoms with Gasteiger partial charge in [-0.3, -0.25) is 4.79 Å². The minimum absolute atomic E-state index is 0.0784. The Kier molecular flexibility index (Phi) is 7.56. The molecule has 0 bridgehead atoms. The van der Waals surface area contributed by atoms with Crippen molar-refractivity contribution < 1.29 is 27.8 Å². The molecule has 0 atom stereocenters. The van der Waals surface area contributed by atoms with Crippen LogP contribution in [0, 0.1) is 6.92 Å². The number of rotatable bonds is 9. The monoisotopic (exact) mass is 463 g/mol. The highest BCUT2D eigenvalue weighted by Gasteiger charge is 2.30. The summed E-state index contributed by atoms with van der Waals surface area (Å²) in [6, 6.07) is 10.6. The maximum atomic E-state index is 12.8. The van der Waals surface area contributed by atoms with Crippen LogP contribution in [0.1, 0.15) is 47.0 Å². The zero-order valence-electron chi connectivity index (χ0n) is 17.8. The SMILES string of the molecule is CCCc1nc(-c2ccc(C(F)(F)F)cc2)sc1COc1ccc(CCC(=O)O)c(C)c1. The Morgan fingerprint density at radius 2 is 1.84 bits per heavy atom. The van der Waals surface area contributed by atoms with E-state index in [4.69, 9.17) is 9.84 Å². The van der Waals surface area contributed by atoms with Crippen LogP contribution >= 0.6 is 11.3 Å². The lowest BCUT2D eigenvalue weighted by Crippen LogP contribution is -2.03. The van der Waals surface area contributed by atoms with Crippen molar-refractivity contribution in [2.75, 3.05) is 0 Å². The molecule has 0 spiro atoms. The topological polar surface area (TPSA) is 59.4 Å². The summed E-state index contributed by atoms with van der Waals surface area (Å²) in [7, 11) is 0. The van der Waals surface area contributed by atoms with E-state index >= 15 is 0 Å². The van der Waals surface area contributed by atoms with Crippen molar-refractivity contribution in [2.45, 2.75) is 52.3 Å². The number of halogens is 3. The van der Waals surface area contributed by atoms with Gasteiger partial charge in [0.2, 0.25) is 0 Å². The van der Waals surface area contributed by atoms with Crippen LogP contribution in [0.15, 0.2) is 42.5 Å². The summed E-state index contributed by atoms with van der Waals surface area (Å²) in [6.07, 6.45) is -2.18. The molecule has 0 saturated carbocycles. The number of aliphatic carboxylic acids is 1. The number of carboxylic acid groups (broad SMARTS) is 1. The zero-order chi connectivity index (χ0) is 23.3. The fraction of sp³-hybridized carbons (Fsp3) is 0.333. The summed E-state index contributed by atoms with van der Waals surface area (Å²) in [5.74, 6) is -0.157. The molecule has 4 nitrogen and oxygen atoms in total. The van der Waals surface area contributed by atoms with E-state index < -0.39 is 17.7 Å². The van der Waals surface area contributed by atoms with E-state index in [0.29, 0.717) is 29.3 Å². The van der Waals surface area contributed by atoms with E-state index in [1.54, 1.807) is 0 Å². The van der Waals surface area contributed by atoms with Gasteiger partial charge in [0, 0.05) is 12.0 Å². The number of nitrogens with zero attached hydrogens (tertiary/aromatic N) is 1. The van der Waals surface area contributed by atoms with E-state index in [-0.39, 0.29) is 6.42 Å². The molecule has 3 aromatic rings. The molecule has 0 aliphatic heterocycles. The third-order valence-electron chi connectivity index (χ3n) is 5.02. The van der Waals surface area contributed by atoms with Crippen LogP contribution in [-0.4, -0.2) is 16.1 Å². The number of alkyl halides is 3. The second-order valence-corrected chi connectivity index (χ2v) is 8.57. The lowest BCUT2D eigenvalue weighted by Gasteiger charge is -2.10. The minimum atomic E-state index is -4.37. The summed E-state index contributed by atoms with van der Waals surface area (Å²) in [5.41, 5.74) is 2.78. The van der Waals surface area contributed by atoms with Gasteiger partial charge in [0.05, 0.1) is 16.1 Å². The van der Waals surface area contributed by atoms with E-state index in [9.17, 15) is 18.0 Å². The number of aromatic nitrogens is 1. The fourth-order valence-electron chi connectivity index (χ4n) is 3.28. The van der Waals surface area contributed by atoms with Gasteiger partial charge in [-0.1, -0.05) is 31.5 Å². The second-order valence-electron chi connectivity index (χ2n) is 7.48. The summed E-state index contributed by atoms with van der Waals surface area (Å²) < 4.78 is 44.4. The molecule has 0 saturated heterocycles. The largest absolute Gasteiger partial charge is 0.488 e. The maximum Gasteiger partial charge on any atom is 0.416 e. The highest BCUT2D eigenvalue weighted by molar-refractivity contribution is 7.15. The van der Waals surface area contributed by atoms with Gasteiger partial charge in [0.1, 0.15) is 17.4 Å². The minimum Gasteiger partial charge on any atom is -0.488 e. The Balaban J connectivity index is 1.74. The standard InChI is InChI=1S/C24H24F3NO3S/c1-3-4-20-21(14-31-19-11-7-16(15(2)13-19)8-12-22(29)30)32-23(28-20)17-5-9-18(10-6-17)24(25,26)27/h5-7,9-11,13H,3-4,8,12,14H2,1-2H3,(H,29,30). The first kappa shape index (κ1) is 23.8. The first-order valence-corrected chi connectivity index (χ1v) is 11.1. The lowest BCUT2D eigenvalue weighted by atomic mass is 10.0. The van der Waals surface area contributed by atoms with Crippen LogP contribution in [0.5, 0.6) is 5.75 Å². The molecule has 3 rings (SSSR count). The summed E-state index contributed by atoms with van der Waals surface area (Å²) in [5, 5.41) is 9.52. The Morgan fingerprint density at radius 1 is 1.12 bits per heavy atom. The molecule has 8 heteroatoms. The lowest BCUT2D eigenvalue weighted by molar-refractivity contribution is -0.138. The predicted molar refractivity (Wildman–Crippen MR) is 118 cm³/mol. The highest BCUT2D eigenvalue weighted by Crippen LogP contribution is 2.34. The van der Waals surface area contributed by atoms with Gasteiger partial charge in [-0.25, -0.2) is 4.98 Å². The van der Waals surface area contributed by atoms with Crippen LogP contribution < -0.4 is 4.74 Å². The average molecular weight is 464 g/mol. The predicted octanol–water partition coefficient (Wildman–Crippen LogP) is 6.69. The number of carboxylic acids is 1. The molecule has 1 aromatic heterocycles. The number of aryl methyl sites for hydroxylation is 3. The van der Waals surface area contributed by atoms with Gasteiger partial charge < -0.3 is 9.84 Å². The Labute approximate surface area is 188 Å². The first-order valence-electron chi connectivity index (χ1n) is 10.3. The third-order valence-corrected chi connectivity index (χ3v) is 6.14. The first-order chi connectivity index (χ1) is 15.2. The molecule has 32 heavy (non-hydrogen) atoms. The molecule has 0 unspecified atom stereocenters. The number of carbonyl (C=O) groups is 1. The fourth-order valence-corrected chi connectivity index (χ4v) is 4.31. The number of hydrogen-bond acceptors (Lipinski definition) is 4. The molecular formula is C24H24F3NO3S. The number of ether oxygens (including phenoxy) is 1. The molecule has 1 heterocycles. The summed E-state index contributed by atoms with van der Waals surface area (Å²) in [4.78, 5) is 16.4. The van der Waals surface area contributed by atoms with Crippen molar-refractivity contribution >= 4 is 17.3 Å². The quantitative estimate of drug-likeness (QED) is 0.384. The summed E-state index contributed by atoms with van der Waals surface area (Å²) in [6.45, 7) is 4.27. The molecule has 0 amide bonds. The van der Waals surface area contributed by atoms with Crippen LogP contribution in [0.25, 0.3) is 10.6 Å². The van der Waals surface area contributed by atoms with Crippen molar-refractivity contribution in [1.82, 2.24) is 4.98 Å². The van der Waals surface area contributed by atoms with Gasteiger partial charge >= 0.3 is 12.1 Å². The highest BCUT2D eigenvalue weighted by atomic mass is 32.1. The average Bonchev–Trinajstić information content (AvgIpc) is 3.14. The molecule has 170 valence electrons. The van der Waals surface area contributed by atoms with Crippen molar-refractivity contribution in [3.63, 3.8) is 0 Å². The van der Waals surface area contributed by atoms with Gasteiger partial charge in [0.25, 0.3) is 0 Å². The Bertz CT molecular complexity index is 1080. The van der Waals surface area contributed by atoms with Crippen molar-refractivity contribution in [1.29, 1.82) is 0 Å². The van der Waals surface area contributed by atoms with E-state index in [0.717, 1.165) is 46.7 Å². The molecule has 1 N–H and O–H groups in total. The molecule has 0 aliphatic rings. The van der Waals surface area contributed by atoms with E-state index in [2.05, 4.69) is 4.98 Å². The van der Waals surface area contributed by atoms with E-state index in [1.807, 2.05) is 32.0 Å². The normalized spacial score (nSPS) is 11.5. The smallest absolute Gasteiger partial charge is 0.416 e. The van der Waals surface area contributed by atoms with E-state index in [1.165, 1.54) is 23.5 Å². The van der Waals surface area contributed by atoms with Gasteiger partial charge in [-0.15, -0.1) is 11.3 Å². The summed E-state index contributed by atoms with van der Waals surface area (Å²) >= 11 is 1.42. The zero-order valence-corrected chi connectivity index (χ0v) is 18.6. The Hall–Kier alpha value is -2.87. The number of thiazole rings is 1. The number of benzene rings is 2. The Morgan fingerprint density at radius 3 is 2.44 bits per heavy atom. The van der Waals surface area contributed by atoms with Crippen molar-refractivity contribution in [3.8, 4) is 16.3 Å². The van der Waals surface area contributed by atoms with Gasteiger partial charge in [-0.05, 0) is 55.2 Å². The third kappa shape index (κ3) is 6.09. The van der Waals surface area contributed by atoms with Crippen molar-refractivity contribution in [3.05, 3.63) is 69.7 Å². The molecule has 0 aliphatic carbocycles. The van der Waals surface area contributed by atoms with Gasteiger partial charge in [0.15, 0.2) is 0 Å². The van der Waals surface area contributed by atoms with Crippen LogP contribution in [0.4, 0.5) is 13.2 Å². The number of hydrogen-bond donors (Lipinski definition) is 1. The van der Waals surface area contributed by atoms with Crippen LogP contribution in [0.2, 0.25) is 0 Å². The molecule has 0 radical (unpaired) electrons. The second kappa shape index (κ2) is 10.2. The molecule has 0 fully saturated rings. The van der Waals surface area contributed by atoms with Crippen LogP contribution in [-0.2, 0) is 30.4 Å². The van der Waals surface area contributed by atoms with Crippen LogP contribution in [0.3, 0.4) is 0 Å². The van der Waals surface area contributed by atoms with Gasteiger partial charge in [-0.2, -0.15) is 13.2 Å². The molecular weight excluding hydrogens is 439 g/mol.